The second-order valence-electron chi connectivity index (χ2n) is 5.96. The first-order valence-electron chi connectivity index (χ1n) is 7.94. The van der Waals surface area contributed by atoms with Crippen LogP contribution in [0.15, 0.2) is 23.5 Å². The number of fused-ring (bicyclic) bond motifs is 1. The van der Waals surface area contributed by atoms with E-state index in [0.717, 1.165) is 5.57 Å². The lowest BCUT2D eigenvalue weighted by Crippen LogP contribution is -2.30. The smallest absolute Gasteiger partial charge is 0.231 e. The van der Waals surface area contributed by atoms with Crippen molar-refractivity contribution in [3.63, 3.8) is 0 Å². The molecule has 1 N–H and O–H groups in total. The number of aromatic hydroxyl groups is 1. The molecule has 6 heteroatoms. The molecule has 1 aromatic rings. The van der Waals surface area contributed by atoms with Crippen LogP contribution in [0, 0.1) is 0 Å². The Bertz CT molecular complexity index is 627. The average molecular weight is 335 g/mol. The highest BCUT2D eigenvalue weighted by Gasteiger charge is 2.32. The van der Waals surface area contributed by atoms with Gasteiger partial charge in [0.15, 0.2) is 5.76 Å². The number of Topliss-reactive ketones (excluding diaryl/α,β-unsaturated/α-hetero) is 1. The molecule has 2 rings (SSSR count). The van der Waals surface area contributed by atoms with Crippen molar-refractivity contribution in [1.82, 2.24) is 4.90 Å². The molecule has 0 bridgehead atoms. The van der Waals surface area contributed by atoms with E-state index >= 15 is 0 Å². The summed E-state index contributed by atoms with van der Waals surface area (Å²) >= 11 is 0. The molecular weight excluding hydrogens is 310 g/mol. The quantitative estimate of drug-likeness (QED) is 0.736. The summed E-state index contributed by atoms with van der Waals surface area (Å²) in [6.07, 6.45) is 0. The fourth-order valence-electron chi connectivity index (χ4n) is 2.60. The molecule has 1 heterocycles. The van der Waals surface area contributed by atoms with Gasteiger partial charge in [0.1, 0.15) is 11.5 Å². The van der Waals surface area contributed by atoms with E-state index < -0.39 is 0 Å². The summed E-state index contributed by atoms with van der Waals surface area (Å²) in [6, 6.07) is 3.16. The fraction of sp³-hybridized carbons (Fsp3) is 0.500. The Morgan fingerprint density at radius 3 is 2.33 bits per heavy atom. The number of benzene rings is 1. The van der Waals surface area contributed by atoms with E-state index in [4.69, 9.17) is 14.2 Å². The van der Waals surface area contributed by atoms with Crippen molar-refractivity contribution < 1.29 is 24.1 Å². The first-order valence-corrected chi connectivity index (χ1v) is 7.94. The molecule has 0 fully saturated rings. The molecule has 1 aromatic carbocycles. The van der Waals surface area contributed by atoms with Gasteiger partial charge in [0, 0.05) is 33.9 Å². The summed E-state index contributed by atoms with van der Waals surface area (Å²) in [5, 5.41) is 10.3. The van der Waals surface area contributed by atoms with Crippen molar-refractivity contribution in [2.24, 2.45) is 0 Å². The van der Waals surface area contributed by atoms with Crippen LogP contribution in [0.5, 0.6) is 11.5 Å². The molecule has 0 radical (unpaired) electrons. The Labute approximate surface area is 142 Å². The molecule has 0 aromatic heterocycles. The molecule has 1 aliphatic rings. The lowest BCUT2D eigenvalue weighted by Gasteiger charge is -2.23. The number of hydrogen-bond acceptors (Lipinski definition) is 6. The third-order valence-corrected chi connectivity index (χ3v) is 3.95. The van der Waals surface area contributed by atoms with Gasteiger partial charge in [0.05, 0.1) is 24.3 Å². The molecular formula is C18H25NO5. The molecule has 0 atom stereocenters. The van der Waals surface area contributed by atoms with Crippen LogP contribution in [0.2, 0.25) is 0 Å². The number of ether oxygens (including phenoxy) is 3. The number of carbonyl (C=O) groups is 1. The molecule has 132 valence electrons. The second kappa shape index (κ2) is 8.28. The van der Waals surface area contributed by atoms with E-state index in [9.17, 15) is 9.90 Å². The zero-order valence-corrected chi connectivity index (χ0v) is 14.7. The minimum absolute atomic E-state index is 0.122. The van der Waals surface area contributed by atoms with Crippen molar-refractivity contribution in [3.8, 4) is 11.5 Å². The van der Waals surface area contributed by atoms with Gasteiger partial charge in [-0.15, -0.1) is 0 Å². The first kappa shape index (κ1) is 18.4. The van der Waals surface area contributed by atoms with Gasteiger partial charge < -0.3 is 19.3 Å². The maximum atomic E-state index is 12.4. The molecule has 0 spiro atoms. The molecule has 0 saturated heterocycles. The van der Waals surface area contributed by atoms with Gasteiger partial charge in [-0.1, -0.05) is 0 Å². The summed E-state index contributed by atoms with van der Waals surface area (Å²) in [6.45, 7) is 6.63. The van der Waals surface area contributed by atoms with Gasteiger partial charge in [-0.3, -0.25) is 9.69 Å². The SMILES string of the molecule is COCCN(CCOC)Cc1c(O)ccc2c1OC(=C(C)C)C2=O. The van der Waals surface area contributed by atoms with E-state index in [2.05, 4.69) is 4.90 Å². The lowest BCUT2D eigenvalue weighted by molar-refractivity contribution is 0.101. The zero-order chi connectivity index (χ0) is 17.7. The molecule has 0 amide bonds. The maximum absolute atomic E-state index is 12.4. The van der Waals surface area contributed by atoms with Crippen molar-refractivity contribution in [3.05, 3.63) is 34.6 Å². The molecule has 1 aliphatic heterocycles. The second-order valence-corrected chi connectivity index (χ2v) is 5.96. The number of allylic oxidation sites excluding steroid dienone is 2. The Kier molecular flexibility index (Phi) is 6.36. The topological polar surface area (TPSA) is 68.2 Å². The normalized spacial score (nSPS) is 13.4. The Morgan fingerprint density at radius 1 is 1.17 bits per heavy atom. The highest BCUT2D eigenvalue weighted by molar-refractivity contribution is 6.13. The summed E-state index contributed by atoms with van der Waals surface area (Å²) in [5.41, 5.74) is 1.93. The van der Waals surface area contributed by atoms with Crippen LogP contribution in [0.1, 0.15) is 29.8 Å². The first-order chi connectivity index (χ1) is 11.5. The fourth-order valence-corrected chi connectivity index (χ4v) is 2.60. The number of phenolic OH excluding ortho intramolecular Hbond substituents is 1. The average Bonchev–Trinajstić information content (AvgIpc) is 2.89. The largest absolute Gasteiger partial charge is 0.507 e. The van der Waals surface area contributed by atoms with Crippen LogP contribution < -0.4 is 4.74 Å². The number of carbonyl (C=O) groups excluding carboxylic acids is 1. The zero-order valence-electron chi connectivity index (χ0n) is 14.7. The van der Waals surface area contributed by atoms with Crippen molar-refractivity contribution in [1.29, 1.82) is 0 Å². The number of nitrogens with zero attached hydrogens (tertiary/aromatic N) is 1. The summed E-state index contributed by atoms with van der Waals surface area (Å²) in [7, 11) is 3.30. The van der Waals surface area contributed by atoms with E-state index in [1.165, 1.54) is 0 Å². The number of hydrogen-bond donors (Lipinski definition) is 1. The molecule has 0 unspecified atom stereocenters. The predicted octanol–water partition coefficient (Wildman–Crippen LogP) is 2.36. The highest BCUT2D eigenvalue weighted by atomic mass is 16.5. The van der Waals surface area contributed by atoms with Crippen LogP contribution in [0.25, 0.3) is 0 Å². The molecule has 6 nitrogen and oxygen atoms in total. The Hall–Kier alpha value is -1.89. The van der Waals surface area contributed by atoms with Gasteiger partial charge in [-0.25, -0.2) is 0 Å². The molecule has 24 heavy (non-hydrogen) atoms. The summed E-state index contributed by atoms with van der Waals surface area (Å²) in [5.74, 6) is 0.788. The Balaban J connectivity index is 2.31. The van der Waals surface area contributed by atoms with Crippen LogP contribution in [0.3, 0.4) is 0 Å². The minimum atomic E-state index is -0.133. The van der Waals surface area contributed by atoms with Crippen LogP contribution in [0.4, 0.5) is 0 Å². The van der Waals surface area contributed by atoms with Gasteiger partial charge in [0.25, 0.3) is 0 Å². The van der Waals surface area contributed by atoms with E-state index in [0.29, 0.717) is 55.5 Å². The van der Waals surface area contributed by atoms with Crippen molar-refractivity contribution >= 4 is 5.78 Å². The molecule has 0 aliphatic carbocycles. The van der Waals surface area contributed by atoms with E-state index in [1.54, 1.807) is 26.4 Å². The highest BCUT2D eigenvalue weighted by Crippen LogP contribution is 2.40. The predicted molar refractivity (Wildman–Crippen MR) is 90.5 cm³/mol. The van der Waals surface area contributed by atoms with Gasteiger partial charge >= 0.3 is 0 Å². The standard InChI is InChI=1S/C18H25NO5/c1-12(2)17-16(21)13-5-6-15(20)14(18(13)24-17)11-19(7-9-22-3)8-10-23-4/h5-6,20H,7-11H2,1-4H3. The summed E-state index contributed by atoms with van der Waals surface area (Å²) in [4.78, 5) is 14.5. The van der Waals surface area contributed by atoms with Gasteiger partial charge in [0.2, 0.25) is 5.78 Å². The lowest BCUT2D eigenvalue weighted by atomic mass is 10.0. The number of rotatable bonds is 8. The monoisotopic (exact) mass is 335 g/mol. The van der Waals surface area contributed by atoms with Gasteiger partial charge in [-0.05, 0) is 31.6 Å². The van der Waals surface area contributed by atoms with E-state index in [1.807, 2.05) is 13.8 Å². The number of phenols is 1. The van der Waals surface area contributed by atoms with Crippen LogP contribution in [-0.2, 0) is 16.0 Å². The number of ketones is 1. The minimum Gasteiger partial charge on any atom is -0.507 e. The third kappa shape index (κ3) is 3.95. The van der Waals surface area contributed by atoms with Gasteiger partial charge in [-0.2, -0.15) is 0 Å². The maximum Gasteiger partial charge on any atom is 0.231 e. The Morgan fingerprint density at radius 2 is 1.79 bits per heavy atom. The van der Waals surface area contributed by atoms with E-state index in [-0.39, 0.29) is 11.5 Å². The van der Waals surface area contributed by atoms with Crippen molar-refractivity contribution in [2.45, 2.75) is 20.4 Å². The van der Waals surface area contributed by atoms with Crippen LogP contribution in [-0.4, -0.2) is 56.3 Å². The van der Waals surface area contributed by atoms with Crippen molar-refractivity contribution in [2.75, 3.05) is 40.5 Å². The summed E-state index contributed by atoms with van der Waals surface area (Å²) < 4.78 is 16.1. The molecule has 0 saturated carbocycles. The third-order valence-electron chi connectivity index (χ3n) is 3.95. The number of methoxy groups -OCH3 is 2. The van der Waals surface area contributed by atoms with Crippen LogP contribution >= 0.6 is 0 Å².